The van der Waals surface area contributed by atoms with Gasteiger partial charge in [0.25, 0.3) is 0 Å². The molecule has 0 unspecified atom stereocenters. The molecule has 1 heterocycles. The number of halogens is 2. The Kier molecular flexibility index (Phi) is 4.98. The van der Waals surface area contributed by atoms with Crippen molar-refractivity contribution in [3.63, 3.8) is 0 Å². The highest BCUT2D eigenvalue weighted by Crippen LogP contribution is 2.22. The monoisotopic (exact) mass is 348 g/mol. The van der Waals surface area contributed by atoms with Crippen LogP contribution in [-0.4, -0.2) is 24.8 Å². The molecule has 2 rings (SSSR count). The number of aryl methyl sites for hydroxylation is 1. The zero-order valence-electron chi connectivity index (χ0n) is 11.5. The molecule has 0 saturated carbocycles. The molecule has 0 saturated heterocycles. The second-order valence-electron chi connectivity index (χ2n) is 4.52. The van der Waals surface area contributed by atoms with Gasteiger partial charge in [0.05, 0.1) is 17.2 Å². The number of sulfonamides is 1. The van der Waals surface area contributed by atoms with Gasteiger partial charge in [0.15, 0.2) is 0 Å². The van der Waals surface area contributed by atoms with E-state index in [4.69, 9.17) is 11.6 Å². The van der Waals surface area contributed by atoms with E-state index >= 15 is 0 Å². The average Bonchev–Trinajstić information content (AvgIpc) is 2.83. The molecule has 2 aromatic rings. The Morgan fingerprint density at radius 2 is 2.14 bits per heavy atom. The summed E-state index contributed by atoms with van der Waals surface area (Å²) in [6.07, 6.45) is 0. The van der Waals surface area contributed by atoms with Gasteiger partial charge in [-0.3, -0.25) is 0 Å². The summed E-state index contributed by atoms with van der Waals surface area (Å²) in [7, 11) is -2.50. The summed E-state index contributed by atoms with van der Waals surface area (Å²) in [5.41, 5.74) is 1.17. The molecule has 0 atom stereocenters. The lowest BCUT2D eigenvalue weighted by Gasteiger charge is -2.16. The van der Waals surface area contributed by atoms with E-state index in [0.717, 1.165) is 15.4 Å². The number of hydrogen-bond donors (Lipinski definition) is 0. The molecule has 0 aliphatic carbocycles. The summed E-state index contributed by atoms with van der Waals surface area (Å²) < 4.78 is 39.8. The predicted molar refractivity (Wildman–Crippen MR) is 81.5 cm³/mol. The van der Waals surface area contributed by atoms with E-state index < -0.39 is 15.8 Å². The Balaban J connectivity index is 2.28. The Morgan fingerprint density at radius 1 is 1.43 bits per heavy atom. The maximum absolute atomic E-state index is 14.0. The lowest BCUT2D eigenvalue weighted by molar-refractivity contribution is 0.456. The lowest BCUT2D eigenvalue weighted by atomic mass is 10.2. The molecular formula is C13H14ClFN2O2S2. The standard InChI is InChI=1S/C13H14ClFN2O2S2/c1-9-16-11(8-20-9)7-17(2)21(18,19)13-4-3-10(6-14)5-12(13)15/h3-5,8H,6-7H2,1-2H3. The smallest absolute Gasteiger partial charge is 0.245 e. The van der Waals surface area contributed by atoms with Gasteiger partial charge in [0.2, 0.25) is 10.0 Å². The fourth-order valence-corrected chi connectivity index (χ4v) is 3.75. The van der Waals surface area contributed by atoms with Crippen LogP contribution in [0.1, 0.15) is 16.3 Å². The number of nitrogens with zero attached hydrogens (tertiary/aromatic N) is 2. The third kappa shape index (κ3) is 3.60. The summed E-state index contributed by atoms with van der Waals surface area (Å²) >= 11 is 7.04. The van der Waals surface area contributed by atoms with Gasteiger partial charge in [-0.25, -0.2) is 17.8 Å². The molecule has 0 aliphatic rings. The van der Waals surface area contributed by atoms with Crippen molar-refractivity contribution in [1.29, 1.82) is 0 Å². The molecule has 21 heavy (non-hydrogen) atoms. The normalized spacial score (nSPS) is 12.0. The van der Waals surface area contributed by atoms with Crippen LogP contribution in [0.15, 0.2) is 28.5 Å². The molecule has 1 aromatic heterocycles. The highest BCUT2D eigenvalue weighted by Gasteiger charge is 2.25. The van der Waals surface area contributed by atoms with E-state index in [-0.39, 0.29) is 17.3 Å². The molecule has 0 N–H and O–H groups in total. The lowest BCUT2D eigenvalue weighted by Crippen LogP contribution is -2.27. The van der Waals surface area contributed by atoms with Crippen LogP contribution >= 0.6 is 22.9 Å². The first-order chi connectivity index (χ1) is 9.84. The fraction of sp³-hybridized carbons (Fsp3) is 0.308. The highest BCUT2D eigenvalue weighted by atomic mass is 35.5. The van der Waals surface area contributed by atoms with Crippen molar-refractivity contribution >= 4 is 33.0 Å². The van der Waals surface area contributed by atoms with Crippen molar-refractivity contribution in [1.82, 2.24) is 9.29 Å². The highest BCUT2D eigenvalue weighted by molar-refractivity contribution is 7.89. The van der Waals surface area contributed by atoms with E-state index in [1.54, 1.807) is 5.38 Å². The minimum atomic E-state index is -3.90. The Labute approximate surface area is 132 Å². The van der Waals surface area contributed by atoms with Crippen LogP contribution in [0.2, 0.25) is 0 Å². The fourth-order valence-electron chi connectivity index (χ4n) is 1.80. The van der Waals surface area contributed by atoms with E-state index in [9.17, 15) is 12.8 Å². The topological polar surface area (TPSA) is 50.3 Å². The van der Waals surface area contributed by atoms with Crippen LogP contribution in [0.4, 0.5) is 4.39 Å². The number of alkyl halides is 1. The van der Waals surface area contributed by atoms with Crippen molar-refractivity contribution in [3.8, 4) is 0 Å². The second-order valence-corrected chi connectivity index (χ2v) is 7.86. The van der Waals surface area contributed by atoms with Crippen LogP contribution in [0.5, 0.6) is 0 Å². The van der Waals surface area contributed by atoms with Crippen LogP contribution < -0.4 is 0 Å². The van der Waals surface area contributed by atoms with Crippen LogP contribution in [-0.2, 0) is 22.4 Å². The molecule has 8 heteroatoms. The first-order valence-corrected chi connectivity index (χ1v) is 8.91. The zero-order valence-corrected chi connectivity index (χ0v) is 13.9. The maximum atomic E-state index is 14.0. The average molecular weight is 349 g/mol. The van der Waals surface area contributed by atoms with Gasteiger partial charge in [-0.2, -0.15) is 4.31 Å². The number of thiazole rings is 1. The third-order valence-corrected chi connectivity index (χ3v) is 5.86. The summed E-state index contributed by atoms with van der Waals surface area (Å²) in [6.45, 7) is 1.94. The molecule has 4 nitrogen and oxygen atoms in total. The van der Waals surface area contributed by atoms with Gasteiger partial charge in [-0.15, -0.1) is 22.9 Å². The van der Waals surface area contributed by atoms with Gasteiger partial charge < -0.3 is 0 Å². The molecule has 0 spiro atoms. The summed E-state index contributed by atoms with van der Waals surface area (Å²) in [5, 5.41) is 2.64. The van der Waals surface area contributed by atoms with Gasteiger partial charge in [-0.05, 0) is 24.6 Å². The van der Waals surface area contributed by atoms with Crippen LogP contribution in [0.3, 0.4) is 0 Å². The van der Waals surface area contributed by atoms with E-state index in [0.29, 0.717) is 11.3 Å². The van der Waals surface area contributed by atoms with Gasteiger partial charge >= 0.3 is 0 Å². The van der Waals surface area contributed by atoms with Gasteiger partial charge in [-0.1, -0.05) is 6.07 Å². The molecule has 0 radical (unpaired) electrons. The molecule has 114 valence electrons. The van der Waals surface area contributed by atoms with Crippen LogP contribution in [0.25, 0.3) is 0 Å². The zero-order chi connectivity index (χ0) is 15.6. The molecular weight excluding hydrogens is 335 g/mol. The second kappa shape index (κ2) is 6.39. The Hall–Kier alpha value is -1.02. The minimum absolute atomic E-state index is 0.101. The van der Waals surface area contributed by atoms with Crippen molar-refractivity contribution in [3.05, 3.63) is 45.7 Å². The summed E-state index contributed by atoms with van der Waals surface area (Å²) in [6, 6.07) is 3.88. The number of benzene rings is 1. The van der Waals surface area contributed by atoms with Crippen LogP contribution in [0, 0.1) is 12.7 Å². The first-order valence-electron chi connectivity index (χ1n) is 6.06. The number of aromatic nitrogens is 1. The van der Waals surface area contributed by atoms with Gasteiger partial charge in [0.1, 0.15) is 10.7 Å². The minimum Gasteiger partial charge on any atom is -0.245 e. The van der Waals surface area contributed by atoms with Gasteiger partial charge in [0, 0.05) is 18.3 Å². The van der Waals surface area contributed by atoms with Crippen molar-refractivity contribution in [2.24, 2.45) is 0 Å². The Morgan fingerprint density at radius 3 is 2.67 bits per heavy atom. The molecule has 0 bridgehead atoms. The van der Waals surface area contributed by atoms with Crippen molar-refractivity contribution in [2.75, 3.05) is 7.05 Å². The van der Waals surface area contributed by atoms with E-state index in [2.05, 4.69) is 4.98 Å². The SMILES string of the molecule is Cc1nc(CN(C)S(=O)(=O)c2ccc(CCl)cc2F)cs1. The molecule has 0 aliphatic heterocycles. The largest absolute Gasteiger partial charge is 0.246 e. The number of hydrogen-bond acceptors (Lipinski definition) is 4. The third-order valence-electron chi connectivity index (χ3n) is 2.89. The predicted octanol–water partition coefficient (Wildman–Crippen LogP) is 3.15. The maximum Gasteiger partial charge on any atom is 0.246 e. The van der Waals surface area contributed by atoms with Crippen molar-refractivity contribution in [2.45, 2.75) is 24.2 Å². The van der Waals surface area contributed by atoms with E-state index in [1.807, 2.05) is 6.92 Å². The van der Waals surface area contributed by atoms with Crippen molar-refractivity contribution < 1.29 is 12.8 Å². The van der Waals surface area contributed by atoms with E-state index in [1.165, 1.54) is 30.5 Å². The summed E-state index contributed by atoms with van der Waals surface area (Å²) in [4.78, 5) is 3.85. The summed E-state index contributed by atoms with van der Waals surface area (Å²) in [5.74, 6) is -0.667. The molecule has 0 amide bonds. The number of rotatable bonds is 5. The Bertz CT molecular complexity index is 746. The first kappa shape index (κ1) is 16.4. The molecule has 0 fully saturated rings. The molecule has 1 aromatic carbocycles. The quantitative estimate of drug-likeness (QED) is 0.780.